The molecule has 0 amide bonds. The predicted octanol–water partition coefficient (Wildman–Crippen LogP) is 3.40. The van der Waals surface area contributed by atoms with E-state index in [-0.39, 0.29) is 6.10 Å². The van der Waals surface area contributed by atoms with E-state index in [9.17, 15) is 0 Å². The molecule has 1 N–H and O–H groups in total. The Bertz CT molecular complexity index is 407. The monoisotopic (exact) mass is 283 g/mol. The fourth-order valence-electron chi connectivity index (χ4n) is 1.91. The summed E-state index contributed by atoms with van der Waals surface area (Å²) in [5.74, 6) is 0.879. The molecule has 1 fully saturated rings. The molecule has 0 bridgehead atoms. The fraction of sp³-hybridized carbons (Fsp3) is 0.600. The van der Waals surface area contributed by atoms with Gasteiger partial charge in [-0.15, -0.1) is 0 Å². The van der Waals surface area contributed by atoms with Crippen LogP contribution in [0, 0.1) is 0 Å². The van der Waals surface area contributed by atoms with Crippen LogP contribution >= 0.6 is 11.6 Å². The largest absolute Gasteiger partial charge is 0.490 e. The van der Waals surface area contributed by atoms with Crippen LogP contribution in [0.25, 0.3) is 0 Å². The van der Waals surface area contributed by atoms with Crippen molar-refractivity contribution in [2.75, 3.05) is 13.7 Å². The number of hydrogen-bond donors (Lipinski definition) is 1. The zero-order valence-corrected chi connectivity index (χ0v) is 12.4. The summed E-state index contributed by atoms with van der Waals surface area (Å²) >= 11 is 6.28. The molecular weight excluding hydrogens is 262 g/mol. The van der Waals surface area contributed by atoms with Crippen LogP contribution in [0.3, 0.4) is 0 Å². The average Bonchev–Trinajstić information content (AvgIpc) is 3.20. The van der Waals surface area contributed by atoms with Crippen LogP contribution in [0.4, 0.5) is 0 Å². The topological polar surface area (TPSA) is 30.5 Å². The highest BCUT2D eigenvalue weighted by Crippen LogP contribution is 2.29. The highest BCUT2D eigenvalue weighted by Gasteiger charge is 2.21. The number of nitrogens with one attached hydrogen (secondary N) is 1. The standard InChI is InChI=1S/C15H22ClNO2/c1-11(8-9-18-2)19-15-5-3-4-14(16)13(15)10-17-12-6-7-12/h3-5,11-12,17H,6-10H2,1-2H3. The average molecular weight is 284 g/mol. The Morgan fingerprint density at radius 2 is 2.21 bits per heavy atom. The van der Waals surface area contributed by atoms with E-state index in [1.165, 1.54) is 12.8 Å². The van der Waals surface area contributed by atoms with E-state index >= 15 is 0 Å². The van der Waals surface area contributed by atoms with E-state index < -0.39 is 0 Å². The van der Waals surface area contributed by atoms with Crippen molar-refractivity contribution in [2.24, 2.45) is 0 Å². The molecule has 0 heterocycles. The number of rotatable bonds is 8. The van der Waals surface area contributed by atoms with Gasteiger partial charge in [-0.25, -0.2) is 0 Å². The fourth-order valence-corrected chi connectivity index (χ4v) is 2.15. The summed E-state index contributed by atoms with van der Waals surface area (Å²) in [6.07, 6.45) is 3.53. The second-order valence-corrected chi connectivity index (χ2v) is 5.49. The Morgan fingerprint density at radius 3 is 2.89 bits per heavy atom. The number of methoxy groups -OCH3 is 1. The van der Waals surface area contributed by atoms with Gasteiger partial charge in [0.2, 0.25) is 0 Å². The van der Waals surface area contributed by atoms with Crippen LogP contribution in [-0.2, 0) is 11.3 Å². The number of ether oxygens (including phenoxy) is 2. The van der Waals surface area contributed by atoms with Gasteiger partial charge in [-0.1, -0.05) is 17.7 Å². The van der Waals surface area contributed by atoms with Crippen LogP contribution in [0.5, 0.6) is 5.75 Å². The minimum atomic E-state index is 0.123. The van der Waals surface area contributed by atoms with Gasteiger partial charge in [0.1, 0.15) is 5.75 Å². The first-order valence-electron chi connectivity index (χ1n) is 6.87. The minimum Gasteiger partial charge on any atom is -0.490 e. The third kappa shape index (κ3) is 4.68. The molecule has 1 atom stereocenters. The van der Waals surface area contributed by atoms with Crippen molar-refractivity contribution in [2.45, 2.75) is 44.9 Å². The first-order valence-corrected chi connectivity index (χ1v) is 7.25. The molecule has 4 heteroatoms. The number of hydrogen-bond acceptors (Lipinski definition) is 3. The molecule has 3 nitrogen and oxygen atoms in total. The zero-order valence-electron chi connectivity index (χ0n) is 11.6. The highest BCUT2D eigenvalue weighted by molar-refractivity contribution is 6.31. The van der Waals surface area contributed by atoms with Crippen LogP contribution in [0.15, 0.2) is 18.2 Å². The molecule has 106 valence electrons. The molecule has 0 aromatic heterocycles. The van der Waals surface area contributed by atoms with E-state index in [2.05, 4.69) is 12.2 Å². The van der Waals surface area contributed by atoms with E-state index in [0.29, 0.717) is 12.6 Å². The van der Waals surface area contributed by atoms with Crippen molar-refractivity contribution in [3.63, 3.8) is 0 Å². The maximum atomic E-state index is 6.28. The van der Waals surface area contributed by atoms with Gasteiger partial charge in [0.05, 0.1) is 6.10 Å². The molecule has 1 aliphatic carbocycles. The third-order valence-electron chi connectivity index (χ3n) is 3.28. The van der Waals surface area contributed by atoms with Crippen molar-refractivity contribution in [1.29, 1.82) is 0 Å². The normalized spacial score (nSPS) is 16.4. The summed E-state index contributed by atoms with van der Waals surface area (Å²) in [6.45, 7) is 3.53. The first kappa shape index (κ1) is 14.6. The van der Waals surface area contributed by atoms with E-state index in [1.807, 2.05) is 18.2 Å². The molecule has 1 unspecified atom stereocenters. The predicted molar refractivity (Wildman–Crippen MR) is 77.9 cm³/mol. The van der Waals surface area contributed by atoms with Crippen molar-refractivity contribution in [1.82, 2.24) is 5.32 Å². The maximum Gasteiger partial charge on any atom is 0.125 e. The van der Waals surface area contributed by atoms with Crippen LogP contribution in [0.1, 0.15) is 31.7 Å². The Kier molecular flexibility index (Phi) is 5.49. The lowest BCUT2D eigenvalue weighted by molar-refractivity contribution is 0.134. The molecule has 1 aromatic rings. The lowest BCUT2D eigenvalue weighted by Gasteiger charge is -2.18. The van der Waals surface area contributed by atoms with E-state index in [1.54, 1.807) is 7.11 Å². The third-order valence-corrected chi connectivity index (χ3v) is 3.63. The molecule has 0 aliphatic heterocycles. The van der Waals surface area contributed by atoms with Gasteiger partial charge in [-0.3, -0.25) is 0 Å². The van der Waals surface area contributed by atoms with Gasteiger partial charge in [-0.2, -0.15) is 0 Å². The smallest absolute Gasteiger partial charge is 0.125 e. The van der Waals surface area contributed by atoms with Gasteiger partial charge in [0.15, 0.2) is 0 Å². The lowest BCUT2D eigenvalue weighted by atomic mass is 10.2. The molecule has 1 aliphatic rings. The molecule has 1 saturated carbocycles. The molecule has 0 radical (unpaired) electrons. The highest BCUT2D eigenvalue weighted by atomic mass is 35.5. The summed E-state index contributed by atoms with van der Waals surface area (Å²) in [5, 5.41) is 4.25. The summed E-state index contributed by atoms with van der Waals surface area (Å²) in [4.78, 5) is 0. The van der Waals surface area contributed by atoms with Gasteiger partial charge in [-0.05, 0) is 31.9 Å². The summed E-state index contributed by atoms with van der Waals surface area (Å²) in [6, 6.07) is 6.49. The lowest BCUT2D eigenvalue weighted by Crippen LogP contribution is -2.19. The van der Waals surface area contributed by atoms with Crippen LogP contribution < -0.4 is 10.1 Å². The molecule has 1 aromatic carbocycles. The Labute approximate surface area is 120 Å². The van der Waals surface area contributed by atoms with Crippen molar-refractivity contribution in [3.8, 4) is 5.75 Å². The summed E-state index contributed by atoms with van der Waals surface area (Å²) in [7, 11) is 1.71. The van der Waals surface area contributed by atoms with Gasteiger partial charge < -0.3 is 14.8 Å². The molecule has 0 spiro atoms. The zero-order chi connectivity index (χ0) is 13.7. The molecule has 0 saturated heterocycles. The minimum absolute atomic E-state index is 0.123. The maximum absolute atomic E-state index is 6.28. The number of halogens is 1. The van der Waals surface area contributed by atoms with Gasteiger partial charge >= 0.3 is 0 Å². The molecule has 2 rings (SSSR count). The van der Waals surface area contributed by atoms with Crippen molar-refractivity contribution in [3.05, 3.63) is 28.8 Å². The van der Waals surface area contributed by atoms with Crippen molar-refractivity contribution < 1.29 is 9.47 Å². The van der Waals surface area contributed by atoms with E-state index in [0.717, 1.165) is 29.3 Å². The second-order valence-electron chi connectivity index (χ2n) is 5.08. The van der Waals surface area contributed by atoms with Gasteiger partial charge in [0.25, 0.3) is 0 Å². The first-order chi connectivity index (χ1) is 9.20. The summed E-state index contributed by atoms with van der Waals surface area (Å²) in [5.41, 5.74) is 1.06. The Morgan fingerprint density at radius 1 is 1.42 bits per heavy atom. The van der Waals surface area contributed by atoms with Crippen LogP contribution in [0.2, 0.25) is 5.02 Å². The van der Waals surface area contributed by atoms with Crippen LogP contribution in [-0.4, -0.2) is 25.9 Å². The van der Waals surface area contributed by atoms with Crippen molar-refractivity contribution >= 4 is 11.6 Å². The van der Waals surface area contributed by atoms with Gasteiger partial charge in [0, 0.05) is 43.3 Å². The number of benzene rings is 1. The second kappa shape index (κ2) is 7.13. The van der Waals surface area contributed by atoms with E-state index in [4.69, 9.17) is 21.1 Å². The Hall–Kier alpha value is -0.770. The SMILES string of the molecule is COCCC(C)Oc1cccc(Cl)c1CNC1CC1. The molecule has 19 heavy (non-hydrogen) atoms. The quantitative estimate of drug-likeness (QED) is 0.793. The Balaban J connectivity index is 1.98. The summed E-state index contributed by atoms with van der Waals surface area (Å²) < 4.78 is 11.0. The molecular formula is C15H22ClNO2.